The summed E-state index contributed by atoms with van der Waals surface area (Å²) in [4.78, 5) is 12.6. The summed E-state index contributed by atoms with van der Waals surface area (Å²) in [6, 6.07) is 21.9. The third-order valence-electron chi connectivity index (χ3n) is 5.66. The van der Waals surface area contributed by atoms with Crippen molar-refractivity contribution in [1.29, 1.82) is 0 Å². The molecule has 1 N–H and O–H groups in total. The van der Waals surface area contributed by atoms with Gasteiger partial charge in [-0.1, -0.05) is 54.6 Å². The van der Waals surface area contributed by atoms with Crippen molar-refractivity contribution >= 4 is 16.0 Å². The highest BCUT2D eigenvalue weighted by Crippen LogP contribution is 2.26. The molecule has 184 valence electrons. The maximum absolute atomic E-state index is 13.2. The molecule has 3 aromatic carbocycles. The van der Waals surface area contributed by atoms with Gasteiger partial charge in [-0.15, -0.1) is 0 Å². The van der Waals surface area contributed by atoms with Crippen LogP contribution in [0.3, 0.4) is 0 Å². The lowest BCUT2D eigenvalue weighted by atomic mass is 10.1. The number of epoxide rings is 1. The second kappa shape index (κ2) is 11.0. The molecule has 9 heteroatoms. The molecule has 0 aliphatic carbocycles. The Bertz CT molecular complexity index is 1220. The van der Waals surface area contributed by atoms with Crippen LogP contribution in [0.5, 0.6) is 5.75 Å². The number of carbonyl (C=O) groups excluding carboxylic acids is 1. The van der Waals surface area contributed by atoms with Gasteiger partial charge in [0.15, 0.2) is 0 Å². The lowest BCUT2D eigenvalue weighted by molar-refractivity contribution is -0.147. The number of hydrogen-bond donors (Lipinski definition) is 1. The van der Waals surface area contributed by atoms with Gasteiger partial charge >= 0.3 is 5.97 Å². The van der Waals surface area contributed by atoms with Gasteiger partial charge in [0.1, 0.15) is 24.0 Å². The number of sulfonamides is 1. The number of hydrogen-bond acceptors (Lipinski definition) is 7. The molecule has 35 heavy (non-hydrogen) atoms. The van der Waals surface area contributed by atoms with Crippen LogP contribution in [0.25, 0.3) is 11.1 Å². The van der Waals surface area contributed by atoms with E-state index >= 15 is 0 Å². The van der Waals surface area contributed by atoms with Gasteiger partial charge < -0.3 is 18.9 Å². The van der Waals surface area contributed by atoms with Crippen molar-refractivity contribution in [2.24, 2.45) is 0 Å². The maximum atomic E-state index is 13.2. The van der Waals surface area contributed by atoms with E-state index in [1.807, 2.05) is 54.6 Å². The molecule has 0 bridgehead atoms. The zero-order chi connectivity index (χ0) is 24.8. The van der Waals surface area contributed by atoms with Crippen LogP contribution in [-0.2, 0) is 35.6 Å². The zero-order valence-electron chi connectivity index (χ0n) is 19.4. The SMILES string of the molecule is COC(=O)C(NS(=O)(=O)c1ccc(-c2ccc(OC)cc2)cc1)C(OCc1ccccc1)C1CO1. The lowest BCUT2D eigenvalue weighted by Gasteiger charge is -2.25. The summed E-state index contributed by atoms with van der Waals surface area (Å²) in [6.45, 7) is 0.558. The Kier molecular flexibility index (Phi) is 7.82. The molecular weight excluding hydrogens is 470 g/mol. The Morgan fingerprint density at radius 2 is 1.57 bits per heavy atom. The molecule has 1 fully saturated rings. The highest BCUT2D eigenvalue weighted by Gasteiger charge is 2.45. The summed E-state index contributed by atoms with van der Waals surface area (Å²) < 4.78 is 50.2. The van der Waals surface area contributed by atoms with E-state index in [9.17, 15) is 13.2 Å². The first-order valence-electron chi connectivity index (χ1n) is 11.0. The topological polar surface area (TPSA) is 103 Å². The Hall–Kier alpha value is -3.24. The van der Waals surface area contributed by atoms with Crippen molar-refractivity contribution in [3.8, 4) is 16.9 Å². The zero-order valence-corrected chi connectivity index (χ0v) is 20.2. The minimum absolute atomic E-state index is 0.0159. The Balaban J connectivity index is 1.52. The molecule has 1 saturated heterocycles. The third kappa shape index (κ3) is 6.26. The maximum Gasteiger partial charge on any atom is 0.326 e. The van der Waals surface area contributed by atoms with Crippen molar-refractivity contribution in [2.75, 3.05) is 20.8 Å². The monoisotopic (exact) mass is 497 g/mol. The predicted molar refractivity (Wildman–Crippen MR) is 129 cm³/mol. The molecule has 0 amide bonds. The molecular formula is C26H27NO7S. The van der Waals surface area contributed by atoms with E-state index in [0.717, 1.165) is 22.4 Å². The Labute approximate surface area is 204 Å². The predicted octanol–water partition coefficient (Wildman–Crippen LogP) is 3.17. The normalized spacial score (nSPS) is 16.8. The van der Waals surface area contributed by atoms with Crippen molar-refractivity contribution in [2.45, 2.75) is 29.8 Å². The summed E-state index contributed by atoms with van der Waals surface area (Å²) in [6.07, 6.45) is -1.26. The highest BCUT2D eigenvalue weighted by atomic mass is 32.2. The molecule has 3 unspecified atom stereocenters. The summed E-state index contributed by atoms with van der Waals surface area (Å²) in [5, 5.41) is 0. The fourth-order valence-corrected chi connectivity index (χ4v) is 4.85. The van der Waals surface area contributed by atoms with Gasteiger partial charge in [-0.3, -0.25) is 4.79 Å². The minimum atomic E-state index is -4.06. The number of rotatable bonds is 11. The van der Waals surface area contributed by atoms with Crippen LogP contribution in [-0.4, -0.2) is 53.5 Å². The Morgan fingerprint density at radius 1 is 0.971 bits per heavy atom. The van der Waals surface area contributed by atoms with E-state index in [1.165, 1.54) is 19.2 Å². The van der Waals surface area contributed by atoms with Crippen LogP contribution in [0.4, 0.5) is 0 Å². The standard InChI is InChI=1S/C26H27NO7S/c1-31-21-12-8-19(9-13-21)20-10-14-22(15-11-20)35(29,30)27-24(26(28)32-2)25(23-17-33-23)34-16-18-6-4-3-5-7-18/h3-15,23-25,27H,16-17H2,1-2H3. The number of carbonyl (C=O) groups is 1. The van der Waals surface area contributed by atoms with E-state index in [1.54, 1.807) is 19.2 Å². The molecule has 8 nitrogen and oxygen atoms in total. The quantitative estimate of drug-likeness (QED) is 0.321. The second-order valence-electron chi connectivity index (χ2n) is 8.01. The van der Waals surface area contributed by atoms with E-state index in [0.29, 0.717) is 6.61 Å². The smallest absolute Gasteiger partial charge is 0.326 e. The third-order valence-corrected chi connectivity index (χ3v) is 7.12. The summed E-state index contributed by atoms with van der Waals surface area (Å²) in [5.74, 6) is -0.0216. The molecule has 0 saturated carbocycles. The first-order valence-corrected chi connectivity index (χ1v) is 12.5. The van der Waals surface area contributed by atoms with Crippen LogP contribution in [0.1, 0.15) is 5.56 Å². The number of esters is 1. The van der Waals surface area contributed by atoms with Crippen molar-refractivity contribution in [1.82, 2.24) is 4.72 Å². The molecule has 0 spiro atoms. The molecule has 3 atom stereocenters. The minimum Gasteiger partial charge on any atom is -0.497 e. The van der Waals surface area contributed by atoms with Gasteiger partial charge in [-0.05, 0) is 41.0 Å². The van der Waals surface area contributed by atoms with Gasteiger partial charge in [-0.2, -0.15) is 4.72 Å². The lowest BCUT2D eigenvalue weighted by Crippen LogP contribution is -2.52. The van der Waals surface area contributed by atoms with Gasteiger partial charge in [0.05, 0.1) is 32.3 Å². The molecule has 4 rings (SSSR count). The van der Waals surface area contributed by atoms with Gasteiger partial charge in [0.25, 0.3) is 0 Å². The van der Waals surface area contributed by atoms with Crippen molar-refractivity contribution in [3.05, 3.63) is 84.4 Å². The number of nitrogens with one attached hydrogen (secondary N) is 1. The fraction of sp³-hybridized carbons (Fsp3) is 0.269. The van der Waals surface area contributed by atoms with Gasteiger partial charge in [0, 0.05) is 0 Å². The summed E-state index contributed by atoms with van der Waals surface area (Å²) in [5.41, 5.74) is 2.64. The van der Waals surface area contributed by atoms with E-state index in [4.69, 9.17) is 18.9 Å². The molecule has 3 aromatic rings. The van der Waals surface area contributed by atoms with Crippen LogP contribution >= 0.6 is 0 Å². The largest absolute Gasteiger partial charge is 0.497 e. The first kappa shape index (κ1) is 24.9. The molecule has 0 aromatic heterocycles. The van der Waals surface area contributed by atoms with Crippen LogP contribution < -0.4 is 9.46 Å². The van der Waals surface area contributed by atoms with Gasteiger partial charge in [-0.25, -0.2) is 8.42 Å². The van der Waals surface area contributed by atoms with Crippen LogP contribution in [0, 0.1) is 0 Å². The average molecular weight is 498 g/mol. The van der Waals surface area contributed by atoms with Crippen molar-refractivity contribution in [3.63, 3.8) is 0 Å². The second-order valence-corrected chi connectivity index (χ2v) is 9.72. The first-order chi connectivity index (χ1) is 16.9. The highest BCUT2D eigenvalue weighted by molar-refractivity contribution is 7.89. The molecule has 1 aliphatic rings. The van der Waals surface area contributed by atoms with Crippen LogP contribution in [0.2, 0.25) is 0 Å². The summed E-state index contributed by atoms with van der Waals surface area (Å²) >= 11 is 0. The van der Waals surface area contributed by atoms with Crippen LogP contribution in [0.15, 0.2) is 83.8 Å². The van der Waals surface area contributed by atoms with E-state index in [-0.39, 0.29) is 11.5 Å². The number of methoxy groups -OCH3 is 2. The average Bonchev–Trinajstić information content (AvgIpc) is 3.74. The molecule has 1 heterocycles. The van der Waals surface area contributed by atoms with E-state index < -0.39 is 34.2 Å². The summed E-state index contributed by atoms with van der Waals surface area (Å²) in [7, 11) is -1.27. The molecule has 0 radical (unpaired) electrons. The van der Waals surface area contributed by atoms with Gasteiger partial charge in [0.2, 0.25) is 10.0 Å². The molecule has 1 aliphatic heterocycles. The fourth-order valence-electron chi connectivity index (χ4n) is 3.65. The van der Waals surface area contributed by atoms with E-state index in [2.05, 4.69) is 4.72 Å². The van der Waals surface area contributed by atoms with Crippen molar-refractivity contribution < 1.29 is 32.2 Å². The number of ether oxygens (including phenoxy) is 4. The number of benzene rings is 3. The Morgan fingerprint density at radius 3 is 2.11 bits per heavy atom.